The molecule has 1 heterocycles. The van der Waals surface area contributed by atoms with Crippen LogP contribution in [0.1, 0.15) is 18.4 Å². The van der Waals surface area contributed by atoms with Gasteiger partial charge in [-0.25, -0.2) is 8.42 Å². The molecular formula is C19H22N2O6S. The van der Waals surface area contributed by atoms with Gasteiger partial charge in [0, 0.05) is 19.2 Å². The number of ether oxygens (including phenoxy) is 2. The number of nitro groups is 1. The highest BCUT2D eigenvalue weighted by Gasteiger charge is 2.29. The quantitative estimate of drug-likeness (QED) is 0.379. The second-order valence-corrected chi connectivity index (χ2v) is 8.45. The molecule has 1 aliphatic heterocycles. The second-order valence-electron chi connectivity index (χ2n) is 6.51. The molecule has 2 aromatic carbocycles. The number of hydrogen-bond donors (Lipinski definition) is 0. The number of aryl methyl sites for hydroxylation is 1. The molecule has 3 rings (SSSR count). The molecule has 0 spiro atoms. The van der Waals surface area contributed by atoms with Gasteiger partial charge >= 0.3 is 5.69 Å². The molecule has 0 saturated carbocycles. The summed E-state index contributed by atoms with van der Waals surface area (Å²) in [5.41, 5.74) is 0.680. The van der Waals surface area contributed by atoms with E-state index in [-0.39, 0.29) is 29.5 Å². The SMILES string of the molecule is Cc1cccc(OCCOc2ccc(S(=O)(=O)N3CCCC3)cc2[N+](=O)[O-])c1. The van der Waals surface area contributed by atoms with E-state index in [1.54, 1.807) is 0 Å². The molecule has 0 aliphatic carbocycles. The van der Waals surface area contributed by atoms with Crippen LogP contribution in [-0.4, -0.2) is 43.9 Å². The summed E-state index contributed by atoms with van der Waals surface area (Å²) < 4.78 is 37.6. The molecule has 0 unspecified atom stereocenters. The molecule has 0 radical (unpaired) electrons. The van der Waals surface area contributed by atoms with Gasteiger partial charge < -0.3 is 9.47 Å². The maximum Gasteiger partial charge on any atom is 0.312 e. The third kappa shape index (κ3) is 4.60. The smallest absolute Gasteiger partial charge is 0.312 e. The third-order valence-corrected chi connectivity index (χ3v) is 6.32. The first-order valence-corrected chi connectivity index (χ1v) is 10.4. The van der Waals surface area contributed by atoms with Crippen molar-refractivity contribution < 1.29 is 22.8 Å². The molecule has 0 atom stereocenters. The summed E-state index contributed by atoms with van der Waals surface area (Å²) in [6.45, 7) is 3.11. The van der Waals surface area contributed by atoms with Gasteiger partial charge in [0.15, 0.2) is 5.75 Å². The predicted octanol–water partition coefficient (Wildman–Crippen LogP) is 3.15. The molecule has 0 N–H and O–H groups in total. The molecular weight excluding hydrogens is 384 g/mol. The van der Waals surface area contributed by atoms with Gasteiger partial charge in [-0.05, 0) is 49.6 Å². The summed E-state index contributed by atoms with van der Waals surface area (Å²) in [6.07, 6.45) is 1.59. The normalized spacial score (nSPS) is 14.8. The van der Waals surface area contributed by atoms with Gasteiger partial charge in [0.05, 0.1) is 9.82 Å². The Labute approximate surface area is 163 Å². The van der Waals surface area contributed by atoms with E-state index in [2.05, 4.69) is 0 Å². The van der Waals surface area contributed by atoms with Crippen LogP contribution in [0, 0.1) is 17.0 Å². The van der Waals surface area contributed by atoms with E-state index in [0.29, 0.717) is 18.8 Å². The van der Waals surface area contributed by atoms with Crippen molar-refractivity contribution in [2.45, 2.75) is 24.7 Å². The van der Waals surface area contributed by atoms with E-state index in [9.17, 15) is 18.5 Å². The lowest BCUT2D eigenvalue weighted by Gasteiger charge is -2.16. The van der Waals surface area contributed by atoms with Gasteiger partial charge in [-0.2, -0.15) is 4.31 Å². The first-order valence-electron chi connectivity index (χ1n) is 8.99. The zero-order chi connectivity index (χ0) is 20.1. The van der Waals surface area contributed by atoms with Crippen LogP contribution in [0.15, 0.2) is 47.4 Å². The fraction of sp³-hybridized carbons (Fsp3) is 0.368. The lowest BCUT2D eigenvalue weighted by Crippen LogP contribution is -2.27. The monoisotopic (exact) mass is 406 g/mol. The molecule has 1 fully saturated rings. The summed E-state index contributed by atoms with van der Waals surface area (Å²) in [5.74, 6) is 0.698. The molecule has 0 aromatic heterocycles. The third-order valence-electron chi connectivity index (χ3n) is 4.43. The maximum atomic E-state index is 12.6. The summed E-state index contributed by atoms with van der Waals surface area (Å²) in [6, 6.07) is 11.2. The number of benzene rings is 2. The summed E-state index contributed by atoms with van der Waals surface area (Å²) in [5, 5.41) is 11.4. The van der Waals surface area contributed by atoms with Crippen LogP contribution in [0.5, 0.6) is 11.5 Å². The number of hydrogen-bond acceptors (Lipinski definition) is 6. The Bertz CT molecular complexity index is 955. The molecule has 0 bridgehead atoms. The van der Waals surface area contributed by atoms with Crippen LogP contribution in [0.25, 0.3) is 0 Å². The van der Waals surface area contributed by atoms with Crippen LogP contribution in [0.2, 0.25) is 0 Å². The highest BCUT2D eigenvalue weighted by Crippen LogP contribution is 2.31. The fourth-order valence-corrected chi connectivity index (χ4v) is 4.55. The number of nitrogens with zero attached hydrogens (tertiary/aromatic N) is 2. The molecule has 28 heavy (non-hydrogen) atoms. The highest BCUT2D eigenvalue weighted by atomic mass is 32.2. The van der Waals surface area contributed by atoms with Crippen molar-refractivity contribution in [2.24, 2.45) is 0 Å². The zero-order valence-electron chi connectivity index (χ0n) is 15.5. The van der Waals surface area contributed by atoms with Crippen molar-refractivity contribution in [2.75, 3.05) is 26.3 Å². The Balaban J connectivity index is 1.68. The molecule has 9 heteroatoms. The minimum absolute atomic E-state index is 0.0122. The van der Waals surface area contributed by atoms with Crippen molar-refractivity contribution >= 4 is 15.7 Å². The summed E-state index contributed by atoms with van der Waals surface area (Å²) >= 11 is 0. The van der Waals surface area contributed by atoms with E-state index in [1.165, 1.54) is 16.4 Å². The molecule has 2 aromatic rings. The molecule has 1 saturated heterocycles. The maximum absolute atomic E-state index is 12.6. The van der Waals surface area contributed by atoms with Crippen LogP contribution in [-0.2, 0) is 10.0 Å². The fourth-order valence-electron chi connectivity index (χ4n) is 3.02. The van der Waals surface area contributed by atoms with Crippen LogP contribution < -0.4 is 9.47 Å². The van der Waals surface area contributed by atoms with E-state index >= 15 is 0 Å². The van der Waals surface area contributed by atoms with E-state index in [0.717, 1.165) is 24.5 Å². The summed E-state index contributed by atoms with van der Waals surface area (Å²) in [4.78, 5) is 10.7. The van der Waals surface area contributed by atoms with Crippen molar-refractivity contribution in [3.8, 4) is 11.5 Å². The Morgan fingerprint density at radius 3 is 2.46 bits per heavy atom. The van der Waals surface area contributed by atoms with E-state index in [4.69, 9.17) is 9.47 Å². The molecule has 150 valence electrons. The van der Waals surface area contributed by atoms with Crippen LogP contribution in [0.4, 0.5) is 5.69 Å². The Morgan fingerprint density at radius 2 is 1.79 bits per heavy atom. The summed E-state index contributed by atoms with van der Waals surface area (Å²) in [7, 11) is -3.73. The Morgan fingerprint density at radius 1 is 1.07 bits per heavy atom. The largest absolute Gasteiger partial charge is 0.490 e. The van der Waals surface area contributed by atoms with Crippen molar-refractivity contribution in [3.63, 3.8) is 0 Å². The van der Waals surface area contributed by atoms with Gasteiger partial charge in [0.1, 0.15) is 19.0 Å². The van der Waals surface area contributed by atoms with E-state index in [1.807, 2.05) is 31.2 Å². The van der Waals surface area contributed by atoms with Gasteiger partial charge in [-0.1, -0.05) is 12.1 Å². The average molecular weight is 406 g/mol. The second kappa shape index (κ2) is 8.57. The van der Waals surface area contributed by atoms with Gasteiger partial charge in [-0.15, -0.1) is 0 Å². The Kier molecular flexibility index (Phi) is 6.15. The average Bonchev–Trinajstić information content (AvgIpc) is 3.21. The van der Waals surface area contributed by atoms with Gasteiger partial charge in [0.25, 0.3) is 0 Å². The lowest BCUT2D eigenvalue weighted by atomic mass is 10.2. The van der Waals surface area contributed by atoms with Crippen molar-refractivity contribution in [1.29, 1.82) is 0 Å². The first kappa shape index (κ1) is 20.1. The zero-order valence-corrected chi connectivity index (χ0v) is 16.4. The van der Waals surface area contributed by atoms with Crippen LogP contribution >= 0.6 is 0 Å². The Hall–Kier alpha value is -2.65. The first-order chi connectivity index (χ1) is 13.4. The highest BCUT2D eigenvalue weighted by molar-refractivity contribution is 7.89. The van der Waals surface area contributed by atoms with E-state index < -0.39 is 14.9 Å². The molecule has 1 aliphatic rings. The topological polar surface area (TPSA) is 99.0 Å². The minimum atomic E-state index is -3.73. The number of sulfonamides is 1. The minimum Gasteiger partial charge on any atom is -0.490 e. The van der Waals surface area contributed by atoms with Gasteiger partial charge in [-0.3, -0.25) is 10.1 Å². The van der Waals surface area contributed by atoms with Gasteiger partial charge in [0.2, 0.25) is 10.0 Å². The lowest BCUT2D eigenvalue weighted by molar-refractivity contribution is -0.386. The predicted molar refractivity (Wildman–Crippen MR) is 103 cm³/mol. The van der Waals surface area contributed by atoms with Crippen LogP contribution in [0.3, 0.4) is 0 Å². The number of nitro benzene ring substituents is 1. The van der Waals surface area contributed by atoms with Crippen molar-refractivity contribution in [1.82, 2.24) is 4.31 Å². The standard InChI is InChI=1S/C19H22N2O6S/c1-15-5-4-6-16(13-15)26-11-12-27-19-8-7-17(14-18(19)21(22)23)28(24,25)20-9-2-3-10-20/h4-8,13-14H,2-3,9-12H2,1H3. The molecule has 0 amide bonds. The molecule has 8 nitrogen and oxygen atoms in total. The number of rotatable bonds is 8. The van der Waals surface area contributed by atoms with Crippen molar-refractivity contribution in [3.05, 3.63) is 58.1 Å².